The Morgan fingerprint density at radius 3 is 0.946 bits per heavy atom. The highest BCUT2D eigenvalue weighted by atomic mass is 31.2. The van der Waals surface area contributed by atoms with Crippen molar-refractivity contribution in [3.63, 3.8) is 0 Å². The highest BCUT2D eigenvalue weighted by molar-refractivity contribution is 7.47. The lowest BCUT2D eigenvalue weighted by Gasteiger charge is -2.25. The van der Waals surface area contributed by atoms with Crippen molar-refractivity contribution in [2.24, 2.45) is 0 Å². The van der Waals surface area contributed by atoms with E-state index >= 15 is 0 Å². The molecule has 0 heterocycles. The lowest BCUT2D eigenvalue weighted by Crippen LogP contribution is -2.45. The van der Waals surface area contributed by atoms with Crippen LogP contribution < -0.4 is 5.32 Å². The van der Waals surface area contributed by atoms with Gasteiger partial charge in [-0.2, -0.15) is 0 Å². The van der Waals surface area contributed by atoms with Crippen molar-refractivity contribution in [3.05, 3.63) is 85.1 Å². The largest absolute Gasteiger partial charge is 0.472 e. The molecule has 1 amide bonds. The number of quaternary nitrogens is 1. The third-order valence-electron chi connectivity index (χ3n) is 18.4. The molecule has 0 aromatic carbocycles. The van der Waals surface area contributed by atoms with Gasteiger partial charge in [-0.3, -0.25) is 13.8 Å². The Morgan fingerprint density at radius 1 is 0.376 bits per heavy atom. The maximum absolute atomic E-state index is 13.1. The second-order valence-corrected chi connectivity index (χ2v) is 30.2. The van der Waals surface area contributed by atoms with Crippen molar-refractivity contribution in [1.29, 1.82) is 0 Å². The third-order valence-corrected chi connectivity index (χ3v) is 19.4. The van der Waals surface area contributed by atoms with E-state index in [1.807, 2.05) is 27.2 Å². The van der Waals surface area contributed by atoms with E-state index < -0.39 is 20.0 Å². The smallest absolute Gasteiger partial charge is 0.387 e. The summed E-state index contributed by atoms with van der Waals surface area (Å²) in [5.74, 6) is -0.171. The Kier molecular flexibility index (Phi) is 72.1. The topological polar surface area (TPSA) is 105 Å². The molecule has 0 rings (SSSR count). The standard InChI is InChI=1S/C84H157N2O6P/c1-6-8-10-12-14-16-18-20-22-24-26-28-30-32-34-36-38-40-41-42-43-44-45-46-48-50-52-54-56-58-60-62-64-66-68-70-72-74-76-78-84(88)85-82(81-92-93(89,90)91-80-79-86(3,4)5)83(87)77-75-73-71-69-67-65-63-61-59-57-55-53-51-49-47-39-37-35-33-31-29-27-25-23-21-19-17-15-13-11-9-7-2/h8,10,14,16,20,22,26,28,32,34,38,40,75,77,82-83,87H,6-7,9,11-13,15,17-19,21,23-25,27,29-31,33,35-37,39,41-74,76,78-81H2,1-5H3,(H-,85,88,89,90)/p+1/b10-8-,16-14-,22-20-,28-26-,34-32-,40-38-,77-75+. The molecule has 0 saturated carbocycles. The van der Waals surface area contributed by atoms with Crippen LogP contribution >= 0.6 is 7.82 Å². The Morgan fingerprint density at radius 2 is 0.645 bits per heavy atom. The Balaban J connectivity index is 3.96. The zero-order chi connectivity index (χ0) is 67.6. The number of phosphoric acid groups is 1. The van der Waals surface area contributed by atoms with Gasteiger partial charge in [0.25, 0.3) is 0 Å². The van der Waals surface area contributed by atoms with E-state index in [1.54, 1.807) is 6.08 Å². The van der Waals surface area contributed by atoms with E-state index in [1.165, 1.54) is 295 Å². The summed E-state index contributed by atoms with van der Waals surface area (Å²) in [5.41, 5.74) is 0. The van der Waals surface area contributed by atoms with E-state index in [9.17, 15) is 19.4 Å². The van der Waals surface area contributed by atoms with Crippen LogP contribution in [0.2, 0.25) is 0 Å². The van der Waals surface area contributed by atoms with Crippen molar-refractivity contribution >= 4 is 13.7 Å². The number of allylic oxidation sites excluding steroid dienone is 13. The number of rotatable bonds is 75. The second kappa shape index (κ2) is 73.9. The van der Waals surface area contributed by atoms with Crippen molar-refractivity contribution in [3.8, 4) is 0 Å². The molecule has 0 aliphatic heterocycles. The molecule has 0 aliphatic carbocycles. The fourth-order valence-corrected chi connectivity index (χ4v) is 12.9. The molecule has 93 heavy (non-hydrogen) atoms. The van der Waals surface area contributed by atoms with Crippen molar-refractivity contribution in [2.45, 2.75) is 405 Å². The van der Waals surface area contributed by atoms with E-state index in [2.05, 4.69) is 92.1 Å². The number of carbonyl (C=O) groups excluding carboxylic acids is 1. The fraction of sp³-hybridized carbons (Fsp3) is 0.821. The average molecular weight is 1320 g/mol. The number of hydrogen-bond acceptors (Lipinski definition) is 5. The highest BCUT2D eigenvalue weighted by Gasteiger charge is 2.28. The first-order valence-electron chi connectivity index (χ1n) is 40.5. The lowest BCUT2D eigenvalue weighted by atomic mass is 10.0. The Bertz CT molecular complexity index is 1800. The van der Waals surface area contributed by atoms with Gasteiger partial charge in [0.05, 0.1) is 39.9 Å². The number of nitrogens with one attached hydrogen (secondary N) is 1. The van der Waals surface area contributed by atoms with Gasteiger partial charge in [-0.25, -0.2) is 4.57 Å². The minimum atomic E-state index is -4.36. The molecule has 8 nitrogen and oxygen atoms in total. The molecule has 3 atom stereocenters. The molecule has 0 aromatic heterocycles. The maximum Gasteiger partial charge on any atom is 0.472 e. The summed E-state index contributed by atoms with van der Waals surface area (Å²) < 4.78 is 23.9. The van der Waals surface area contributed by atoms with E-state index in [0.717, 1.165) is 77.0 Å². The molecule has 0 saturated heterocycles. The monoisotopic (exact) mass is 1320 g/mol. The molecule has 544 valence electrons. The number of amides is 1. The summed E-state index contributed by atoms with van der Waals surface area (Å²) >= 11 is 0. The minimum absolute atomic E-state index is 0.0616. The van der Waals surface area contributed by atoms with Crippen LogP contribution in [0.15, 0.2) is 85.1 Å². The van der Waals surface area contributed by atoms with E-state index in [0.29, 0.717) is 17.4 Å². The lowest BCUT2D eigenvalue weighted by molar-refractivity contribution is -0.870. The van der Waals surface area contributed by atoms with Gasteiger partial charge >= 0.3 is 7.82 Å². The number of unbranched alkanes of at least 4 members (excludes halogenated alkanes) is 50. The molecule has 0 radical (unpaired) electrons. The predicted molar refractivity (Wildman–Crippen MR) is 410 cm³/mol. The quantitative estimate of drug-likeness (QED) is 0.0243. The van der Waals surface area contributed by atoms with Crippen LogP contribution in [0.5, 0.6) is 0 Å². The van der Waals surface area contributed by atoms with Gasteiger partial charge in [0, 0.05) is 6.42 Å². The van der Waals surface area contributed by atoms with Gasteiger partial charge < -0.3 is 19.8 Å². The predicted octanol–water partition coefficient (Wildman–Crippen LogP) is 26.6. The van der Waals surface area contributed by atoms with Gasteiger partial charge in [0.2, 0.25) is 5.91 Å². The van der Waals surface area contributed by atoms with E-state index in [-0.39, 0.29) is 19.1 Å². The summed E-state index contributed by atoms with van der Waals surface area (Å²) in [6.07, 6.45) is 106. The fourth-order valence-electron chi connectivity index (χ4n) is 12.2. The number of carbonyl (C=O) groups is 1. The van der Waals surface area contributed by atoms with Crippen LogP contribution in [-0.4, -0.2) is 73.4 Å². The summed E-state index contributed by atoms with van der Waals surface area (Å²) in [7, 11) is 1.59. The average Bonchev–Trinajstić information content (AvgIpc) is 1.94. The molecule has 9 heteroatoms. The number of hydrogen-bond donors (Lipinski definition) is 3. The molecule has 0 aromatic rings. The maximum atomic E-state index is 13.1. The normalized spacial score (nSPS) is 13.9. The summed E-state index contributed by atoms with van der Waals surface area (Å²) in [5, 5.41) is 14.1. The van der Waals surface area contributed by atoms with E-state index in [4.69, 9.17) is 9.05 Å². The number of likely N-dealkylation sites (N-methyl/N-ethyl adjacent to an activating group) is 1. The van der Waals surface area contributed by atoms with Crippen molar-refractivity contribution in [1.82, 2.24) is 5.32 Å². The van der Waals surface area contributed by atoms with Crippen LogP contribution in [0.4, 0.5) is 0 Å². The number of phosphoric ester groups is 1. The van der Waals surface area contributed by atoms with Gasteiger partial charge in [0.15, 0.2) is 0 Å². The zero-order valence-electron chi connectivity index (χ0n) is 62.5. The third kappa shape index (κ3) is 76.9. The molecule has 0 aliphatic rings. The molecule has 3 unspecified atom stereocenters. The summed E-state index contributed by atoms with van der Waals surface area (Å²) in [6.45, 7) is 4.75. The minimum Gasteiger partial charge on any atom is -0.387 e. The zero-order valence-corrected chi connectivity index (χ0v) is 63.4. The SMILES string of the molecule is CC/C=C\C/C=C\C/C=C\C/C=C\C/C=C\C/C=C\CCCCCCCCCCCCCCCCCCCCCCC(=O)NC(COP(=O)(O)OCC[N+](C)(C)C)C(O)/C=C/CCCCCCCCCCCCCCCCCCCCCCCCCCCCCCCC. The number of aliphatic hydroxyl groups excluding tert-OH is 1. The molecule has 3 N–H and O–H groups in total. The summed E-state index contributed by atoms with van der Waals surface area (Å²) in [4.78, 5) is 23.5. The first-order chi connectivity index (χ1) is 45.5. The number of nitrogens with zero attached hydrogens (tertiary/aromatic N) is 1. The molecular weight excluding hydrogens is 1160 g/mol. The molecular formula is C84H158N2O6P+. The Hall–Kier alpha value is -2.32. The van der Waals surface area contributed by atoms with Crippen LogP contribution in [0.1, 0.15) is 393 Å². The van der Waals surface area contributed by atoms with Crippen LogP contribution in [0.25, 0.3) is 0 Å². The highest BCUT2D eigenvalue weighted by Crippen LogP contribution is 2.43. The first kappa shape index (κ1) is 90.7. The van der Waals surface area contributed by atoms with Crippen molar-refractivity contribution < 1.29 is 32.9 Å². The molecule has 0 bridgehead atoms. The van der Waals surface area contributed by atoms with Crippen molar-refractivity contribution in [2.75, 3.05) is 40.9 Å². The van der Waals surface area contributed by atoms with Gasteiger partial charge in [-0.05, 0) is 70.6 Å². The van der Waals surface area contributed by atoms with Crippen LogP contribution in [0.3, 0.4) is 0 Å². The van der Waals surface area contributed by atoms with Crippen LogP contribution in [0, 0.1) is 0 Å². The second-order valence-electron chi connectivity index (χ2n) is 28.8. The van der Waals surface area contributed by atoms with Gasteiger partial charge in [-0.15, -0.1) is 0 Å². The Labute approximate surface area is 579 Å². The first-order valence-corrected chi connectivity index (χ1v) is 42.0. The molecule has 0 spiro atoms. The number of aliphatic hydroxyl groups is 1. The van der Waals surface area contributed by atoms with Gasteiger partial charge in [0.1, 0.15) is 13.2 Å². The molecule has 0 fully saturated rings. The summed E-state index contributed by atoms with van der Waals surface area (Å²) in [6, 6.07) is -0.851. The van der Waals surface area contributed by atoms with Gasteiger partial charge in [-0.1, -0.05) is 401 Å². The van der Waals surface area contributed by atoms with Crippen LogP contribution in [-0.2, 0) is 18.4 Å².